The van der Waals surface area contributed by atoms with Gasteiger partial charge in [-0.2, -0.15) is 9.97 Å². The van der Waals surface area contributed by atoms with Gasteiger partial charge in [0.25, 0.3) is 0 Å². The van der Waals surface area contributed by atoms with Crippen molar-refractivity contribution >= 4 is 17.6 Å². The van der Waals surface area contributed by atoms with Gasteiger partial charge in [0.2, 0.25) is 5.95 Å². The third kappa shape index (κ3) is 2.58. The molecule has 0 spiro atoms. The number of nitrogens with zero attached hydrogens (tertiary/aromatic N) is 4. The molecule has 3 N–H and O–H groups in total. The average Bonchev–Trinajstić information content (AvgIpc) is 2.38. The Labute approximate surface area is 114 Å². The molecule has 0 saturated carbocycles. The fourth-order valence-corrected chi connectivity index (χ4v) is 2.73. The maximum Gasteiger partial charge on any atom is 0.223 e. The van der Waals surface area contributed by atoms with Crippen LogP contribution in [0.3, 0.4) is 0 Å². The fourth-order valence-electron chi connectivity index (χ4n) is 2.73. The van der Waals surface area contributed by atoms with Crippen molar-refractivity contribution in [3.8, 4) is 0 Å². The smallest absolute Gasteiger partial charge is 0.223 e. The van der Waals surface area contributed by atoms with E-state index in [9.17, 15) is 0 Å². The minimum Gasteiger partial charge on any atom is -0.368 e. The first kappa shape index (κ1) is 12.5. The van der Waals surface area contributed by atoms with E-state index in [1.807, 2.05) is 7.05 Å². The van der Waals surface area contributed by atoms with E-state index in [4.69, 9.17) is 5.73 Å². The predicted molar refractivity (Wildman–Crippen MR) is 77.6 cm³/mol. The molecule has 2 saturated heterocycles. The van der Waals surface area contributed by atoms with E-state index in [0.717, 1.165) is 37.8 Å². The molecule has 1 aromatic heterocycles. The van der Waals surface area contributed by atoms with Gasteiger partial charge < -0.3 is 20.9 Å². The van der Waals surface area contributed by atoms with E-state index in [1.54, 1.807) is 0 Å². The highest BCUT2D eigenvalue weighted by Crippen LogP contribution is 2.25. The Morgan fingerprint density at radius 1 is 1.11 bits per heavy atom. The second-order valence-corrected chi connectivity index (χ2v) is 5.38. The third-order valence-electron chi connectivity index (χ3n) is 4.01. The molecule has 0 atom stereocenters. The predicted octanol–water partition coefficient (Wildman–Crippen LogP) is 0.457. The van der Waals surface area contributed by atoms with Crippen LogP contribution in [0.25, 0.3) is 0 Å². The molecule has 2 aliphatic heterocycles. The van der Waals surface area contributed by atoms with Crippen molar-refractivity contribution in [1.29, 1.82) is 0 Å². The van der Waals surface area contributed by atoms with Gasteiger partial charge in [-0.15, -0.1) is 0 Å². The van der Waals surface area contributed by atoms with Crippen molar-refractivity contribution in [2.24, 2.45) is 0 Å². The number of rotatable bonds is 3. The van der Waals surface area contributed by atoms with Crippen molar-refractivity contribution in [2.45, 2.75) is 25.3 Å². The van der Waals surface area contributed by atoms with E-state index in [-0.39, 0.29) is 0 Å². The first-order valence-corrected chi connectivity index (χ1v) is 7.08. The van der Waals surface area contributed by atoms with Gasteiger partial charge in [-0.05, 0) is 26.3 Å². The van der Waals surface area contributed by atoms with Crippen LogP contribution in [-0.4, -0.2) is 49.2 Å². The van der Waals surface area contributed by atoms with Crippen molar-refractivity contribution in [2.75, 3.05) is 48.8 Å². The van der Waals surface area contributed by atoms with Crippen LogP contribution in [-0.2, 0) is 0 Å². The molecule has 6 heteroatoms. The van der Waals surface area contributed by atoms with Gasteiger partial charge in [0, 0.05) is 38.3 Å². The first-order valence-electron chi connectivity index (χ1n) is 7.08. The Morgan fingerprint density at radius 2 is 1.74 bits per heavy atom. The molecular formula is C13H22N6. The third-order valence-corrected chi connectivity index (χ3v) is 4.01. The van der Waals surface area contributed by atoms with Gasteiger partial charge in [-0.1, -0.05) is 0 Å². The highest BCUT2D eigenvalue weighted by atomic mass is 15.3. The lowest BCUT2D eigenvalue weighted by Crippen LogP contribution is -2.57. The minimum atomic E-state index is 0.381. The van der Waals surface area contributed by atoms with E-state index in [2.05, 4.69) is 31.2 Å². The number of aromatic nitrogens is 2. The zero-order chi connectivity index (χ0) is 13.2. The van der Waals surface area contributed by atoms with Gasteiger partial charge in [-0.25, -0.2) is 0 Å². The molecule has 3 heterocycles. The van der Waals surface area contributed by atoms with E-state index in [0.29, 0.717) is 12.0 Å². The summed E-state index contributed by atoms with van der Waals surface area (Å²) >= 11 is 0. The standard InChI is InChI=1S/C13H22N6/c1-15-10-8-19(9-10)12-7-11(16-13(14)17-12)18-5-3-2-4-6-18/h7,10,15H,2-6,8-9H2,1H3,(H2,14,16,17). The highest BCUT2D eigenvalue weighted by Gasteiger charge is 2.27. The summed E-state index contributed by atoms with van der Waals surface area (Å²) in [4.78, 5) is 13.3. The number of nitrogens with one attached hydrogen (secondary N) is 1. The number of nitrogens with two attached hydrogens (primary N) is 1. The van der Waals surface area contributed by atoms with Gasteiger partial charge in [-0.3, -0.25) is 0 Å². The maximum atomic E-state index is 5.86. The number of anilines is 3. The van der Waals surface area contributed by atoms with E-state index >= 15 is 0 Å². The SMILES string of the molecule is CNC1CN(c2cc(N3CCCCC3)nc(N)n2)C1. The average molecular weight is 262 g/mol. The second-order valence-electron chi connectivity index (χ2n) is 5.38. The van der Waals surface area contributed by atoms with Crippen molar-refractivity contribution in [3.63, 3.8) is 0 Å². The molecule has 0 aliphatic carbocycles. The molecule has 0 bridgehead atoms. The molecule has 6 nitrogen and oxygen atoms in total. The molecule has 0 amide bonds. The molecular weight excluding hydrogens is 240 g/mol. The van der Waals surface area contributed by atoms with Crippen LogP contribution in [0.4, 0.5) is 17.6 Å². The number of piperidine rings is 1. The quantitative estimate of drug-likeness (QED) is 0.824. The Morgan fingerprint density at radius 3 is 2.37 bits per heavy atom. The zero-order valence-electron chi connectivity index (χ0n) is 11.5. The summed E-state index contributed by atoms with van der Waals surface area (Å²) in [5, 5.41) is 3.27. The summed E-state index contributed by atoms with van der Waals surface area (Å²) in [5.74, 6) is 2.32. The molecule has 3 rings (SSSR count). The second kappa shape index (κ2) is 5.21. The van der Waals surface area contributed by atoms with Crippen LogP contribution in [0.1, 0.15) is 19.3 Å². The number of hydrogen-bond donors (Lipinski definition) is 2. The zero-order valence-corrected chi connectivity index (χ0v) is 11.5. The number of likely N-dealkylation sites (N-methyl/N-ethyl adjacent to an activating group) is 1. The molecule has 0 radical (unpaired) electrons. The summed E-state index contributed by atoms with van der Waals surface area (Å²) in [6.07, 6.45) is 3.80. The molecule has 1 aromatic rings. The monoisotopic (exact) mass is 262 g/mol. The van der Waals surface area contributed by atoms with Gasteiger partial charge in [0.15, 0.2) is 0 Å². The minimum absolute atomic E-state index is 0.381. The normalized spacial score (nSPS) is 20.5. The van der Waals surface area contributed by atoms with E-state index in [1.165, 1.54) is 19.3 Å². The summed E-state index contributed by atoms with van der Waals surface area (Å²) in [5.41, 5.74) is 5.86. The molecule has 19 heavy (non-hydrogen) atoms. The van der Waals surface area contributed by atoms with Crippen LogP contribution in [0, 0.1) is 0 Å². The van der Waals surface area contributed by atoms with Crippen molar-refractivity contribution < 1.29 is 0 Å². The van der Waals surface area contributed by atoms with Gasteiger partial charge in [0.05, 0.1) is 0 Å². The summed E-state index contributed by atoms with van der Waals surface area (Å²) in [7, 11) is 2.00. The summed E-state index contributed by atoms with van der Waals surface area (Å²) in [6.45, 7) is 4.14. The number of hydrogen-bond acceptors (Lipinski definition) is 6. The van der Waals surface area contributed by atoms with Crippen molar-refractivity contribution in [1.82, 2.24) is 15.3 Å². The summed E-state index contributed by atoms with van der Waals surface area (Å²) < 4.78 is 0. The lowest BCUT2D eigenvalue weighted by Gasteiger charge is -2.40. The lowest BCUT2D eigenvalue weighted by molar-refractivity contribution is 0.447. The molecule has 104 valence electrons. The molecule has 0 aromatic carbocycles. The molecule has 2 aliphatic rings. The van der Waals surface area contributed by atoms with Gasteiger partial charge in [0.1, 0.15) is 11.6 Å². The van der Waals surface area contributed by atoms with Crippen molar-refractivity contribution in [3.05, 3.63) is 6.07 Å². The van der Waals surface area contributed by atoms with Gasteiger partial charge >= 0.3 is 0 Å². The topological polar surface area (TPSA) is 70.3 Å². The first-order chi connectivity index (χ1) is 9.26. The summed E-state index contributed by atoms with van der Waals surface area (Å²) in [6, 6.07) is 2.64. The highest BCUT2D eigenvalue weighted by molar-refractivity contribution is 5.55. The molecule has 0 unspecified atom stereocenters. The van der Waals surface area contributed by atoms with E-state index < -0.39 is 0 Å². The fraction of sp³-hybridized carbons (Fsp3) is 0.692. The van der Waals surface area contributed by atoms with Crippen LogP contribution in [0.2, 0.25) is 0 Å². The maximum absolute atomic E-state index is 5.86. The van der Waals surface area contributed by atoms with Crippen LogP contribution in [0.5, 0.6) is 0 Å². The number of nitrogen functional groups attached to an aromatic ring is 1. The Hall–Kier alpha value is -1.56. The Balaban J connectivity index is 1.76. The largest absolute Gasteiger partial charge is 0.368 e. The Kier molecular flexibility index (Phi) is 3.42. The Bertz CT molecular complexity index is 437. The van der Waals surface area contributed by atoms with Crippen LogP contribution < -0.4 is 20.9 Å². The molecule has 2 fully saturated rings. The van der Waals surface area contributed by atoms with Crippen LogP contribution >= 0.6 is 0 Å². The lowest BCUT2D eigenvalue weighted by atomic mass is 10.1. The van der Waals surface area contributed by atoms with Crippen LogP contribution in [0.15, 0.2) is 6.07 Å².